The number of piperidine rings is 1. The van der Waals surface area contributed by atoms with Gasteiger partial charge in [0, 0.05) is 29.1 Å². The second kappa shape index (κ2) is 9.58. The monoisotopic (exact) mass is 469 g/mol. The number of hydrogen-bond acceptors (Lipinski definition) is 4. The van der Waals surface area contributed by atoms with Gasteiger partial charge >= 0.3 is 0 Å². The lowest BCUT2D eigenvalue weighted by Crippen LogP contribution is -2.40. The Kier molecular flexibility index (Phi) is 6.18. The fourth-order valence-electron chi connectivity index (χ4n) is 4.58. The molecule has 0 spiro atoms. The van der Waals surface area contributed by atoms with E-state index in [0.29, 0.717) is 11.3 Å². The summed E-state index contributed by atoms with van der Waals surface area (Å²) in [5.74, 6) is 0.737. The maximum Gasteiger partial charge on any atom is 0.255 e. The van der Waals surface area contributed by atoms with E-state index in [4.69, 9.17) is 0 Å². The summed E-state index contributed by atoms with van der Waals surface area (Å²) in [5.41, 5.74) is 5.00. The third-order valence-corrected chi connectivity index (χ3v) is 6.57. The van der Waals surface area contributed by atoms with Crippen molar-refractivity contribution in [2.75, 3.05) is 28.6 Å². The first kappa shape index (κ1) is 22.6. The average Bonchev–Trinajstić information content (AvgIpc) is 3.26. The van der Waals surface area contributed by atoms with Crippen LogP contribution >= 0.6 is 0 Å². The maximum atomic E-state index is 13.0. The zero-order chi connectivity index (χ0) is 24.4. The van der Waals surface area contributed by atoms with E-state index >= 15 is 0 Å². The highest BCUT2D eigenvalue weighted by molar-refractivity contribution is 6.05. The second-order valence-electron chi connectivity index (χ2n) is 9.10. The molecule has 0 aliphatic carbocycles. The molecule has 8 heteroatoms. The van der Waals surface area contributed by atoms with Crippen molar-refractivity contribution in [3.05, 3.63) is 77.7 Å². The molecule has 35 heavy (non-hydrogen) atoms. The number of fused-ring (bicyclic) bond motifs is 1. The van der Waals surface area contributed by atoms with Crippen molar-refractivity contribution >= 4 is 40.0 Å². The van der Waals surface area contributed by atoms with Crippen LogP contribution in [0.3, 0.4) is 0 Å². The number of anilines is 3. The highest BCUT2D eigenvalue weighted by Crippen LogP contribution is 2.28. The van der Waals surface area contributed by atoms with Crippen molar-refractivity contribution in [1.82, 2.24) is 9.97 Å². The van der Waals surface area contributed by atoms with Crippen LogP contribution in [0.4, 0.5) is 17.2 Å². The van der Waals surface area contributed by atoms with Crippen LogP contribution in [-0.4, -0.2) is 34.9 Å². The number of hydrogen-bond donors (Lipinski definition) is 3. The fraction of sp³-hybridized carbons (Fsp3) is 0.259. The van der Waals surface area contributed by atoms with Gasteiger partial charge in [0.25, 0.3) is 5.91 Å². The third kappa shape index (κ3) is 4.87. The minimum absolute atomic E-state index is 0.0116. The first-order chi connectivity index (χ1) is 17.0. The average molecular weight is 470 g/mol. The van der Waals surface area contributed by atoms with Gasteiger partial charge in [0.1, 0.15) is 5.39 Å². The van der Waals surface area contributed by atoms with Gasteiger partial charge in [0.05, 0.1) is 13.1 Å². The number of amides is 2. The minimum Gasteiger partial charge on any atom is -0.332 e. The summed E-state index contributed by atoms with van der Waals surface area (Å²) in [4.78, 5) is 38.8. The Morgan fingerprint density at radius 3 is 2.57 bits per heavy atom. The highest BCUT2D eigenvalue weighted by Gasteiger charge is 2.30. The standard InChI is InChI=1S/C27H28N6O2/c1-17-6-8-21(9-7-17)31-27(35)20-4-3-5-22(14-20)32-26(34)19-10-12-33(13-11-19)25-23-18(2)15-28-24(23)29-16-30-25/h3-9,14-16,19H,10-13H2,1-2H3,(H,31,35)(H,32,34)(H,28,29,30)/p+1. The van der Waals surface area contributed by atoms with Crippen LogP contribution in [0, 0.1) is 19.8 Å². The molecule has 0 bridgehead atoms. The van der Waals surface area contributed by atoms with Gasteiger partial charge in [0.15, 0.2) is 0 Å². The molecule has 1 aliphatic rings. The van der Waals surface area contributed by atoms with E-state index in [-0.39, 0.29) is 17.7 Å². The van der Waals surface area contributed by atoms with Gasteiger partial charge in [-0.15, -0.1) is 0 Å². The number of aryl methyl sites for hydroxylation is 2. The van der Waals surface area contributed by atoms with Gasteiger partial charge in [0.2, 0.25) is 23.7 Å². The molecule has 2 aromatic heterocycles. The number of aromatic amines is 2. The van der Waals surface area contributed by atoms with E-state index < -0.39 is 0 Å². The third-order valence-electron chi connectivity index (χ3n) is 6.57. The number of benzene rings is 2. The van der Waals surface area contributed by atoms with Crippen molar-refractivity contribution in [3.63, 3.8) is 0 Å². The molecule has 178 valence electrons. The van der Waals surface area contributed by atoms with Crippen LogP contribution in [-0.2, 0) is 4.79 Å². The first-order valence-electron chi connectivity index (χ1n) is 11.9. The van der Waals surface area contributed by atoms with Crippen LogP contribution in [0.15, 0.2) is 61.1 Å². The zero-order valence-corrected chi connectivity index (χ0v) is 19.9. The van der Waals surface area contributed by atoms with Gasteiger partial charge < -0.3 is 15.6 Å². The maximum absolute atomic E-state index is 13.0. The van der Waals surface area contributed by atoms with Gasteiger partial charge in [-0.1, -0.05) is 28.7 Å². The van der Waals surface area contributed by atoms with E-state index in [9.17, 15) is 9.59 Å². The van der Waals surface area contributed by atoms with Crippen molar-refractivity contribution in [3.8, 4) is 0 Å². The predicted octanol–water partition coefficient (Wildman–Crippen LogP) is 4.10. The molecule has 0 radical (unpaired) electrons. The Morgan fingerprint density at radius 1 is 1.03 bits per heavy atom. The quantitative estimate of drug-likeness (QED) is 0.409. The summed E-state index contributed by atoms with van der Waals surface area (Å²) in [6.45, 7) is 5.61. The molecule has 1 saturated heterocycles. The van der Waals surface area contributed by atoms with Crippen molar-refractivity contribution in [2.45, 2.75) is 26.7 Å². The van der Waals surface area contributed by atoms with Crippen LogP contribution in [0.2, 0.25) is 0 Å². The van der Waals surface area contributed by atoms with E-state index in [1.807, 2.05) is 43.5 Å². The van der Waals surface area contributed by atoms with Gasteiger partial charge in [-0.25, -0.2) is 4.98 Å². The molecule has 2 amide bonds. The Labute approximate surface area is 203 Å². The number of nitrogens with one attached hydrogen (secondary N) is 4. The Morgan fingerprint density at radius 2 is 1.80 bits per heavy atom. The Hall–Kier alpha value is -4.20. The van der Waals surface area contributed by atoms with Gasteiger partial charge in [-0.2, -0.15) is 0 Å². The van der Waals surface area contributed by atoms with Crippen molar-refractivity contribution in [2.24, 2.45) is 5.92 Å². The molecule has 0 atom stereocenters. The second-order valence-corrected chi connectivity index (χ2v) is 9.10. The molecular formula is C27H29N6O2+. The summed E-state index contributed by atoms with van der Waals surface area (Å²) >= 11 is 0. The molecule has 4 aromatic rings. The minimum atomic E-state index is -0.210. The largest absolute Gasteiger partial charge is 0.332 e. The lowest BCUT2D eigenvalue weighted by atomic mass is 9.95. The number of rotatable bonds is 5. The molecule has 1 fully saturated rings. The molecule has 5 rings (SSSR count). The first-order valence-corrected chi connectivity index (χ1v) is 11.9. The Bertz CT molecular complexity index is 1370. The molecule has 2 aromatic carbocycles. The number of carbonyl (C=O) groups is 2. The van der Waals surface area contributed by atoms with Crippen LogP contribution in [0.1, 0.15) is 34.3 Å². The summed E-state index contributed by atoms with van der Waals surface area (Å²) in [5, 5.41) is 7.00. The predicted molar refractivity (Wildman–Crippen MR) is 137 cm³/mol. The summed E-state index contributed by atoms with van der Waals surface area (Å²) in [7, 11) is 0. The highest BCUT2D eigenvalue weighted by atomic mass is 16.2. The van der Waals surface area contributed by atoms with E-state index in [2.05, 4.69) is 37.4 Å². The molecule has 4 N–H and O–H groups in total. The van der Waals surface area contributed by atoms with Crippen LogP contribution in [0.5, 0.6) is 0 Å². The van der Waals surface area contributed by atoms with E-state index in [1.54, 1.807) is 24.5 Å². The number of nitrogens with zero attached hydrogens (tertiary/aromatic N) is 2. The zero-order valence-electron chi connectivity index (χ0n) is 19.9. The Balaban J connectivity index is 1.20. The molecule has 0 saturated carbocycles. The SMILES string of the molecule is Cc1ccc(NC(=O)c2cccc(NC(=O)C3CCN(c4[nH+]cnc5[nH]cc(C)c45)CC3)c2)cc1. The lowest BCUT2D eigenvalue weighted by Gasteiger charge is -2.28. The van der Waals surface area contributed by atoms with Gasteiger partial charge in [-0.05, 0) is 62.6 Å². The summed E-state index contributed by atoms with van der Waals surface area (Å²) < 4.78 is 0. The number of aromatic nitrogens is 3. The fourth-order valence-corrected chi connectivity index (χ4v) is 4.58. The topological polar surface area (TPSA) is 104 Å². The van der Waals surface area contributed by atoms with Gasteiger partial charge in [-0.3, -0.25) is 14.5 Å². The molecule has 8 nitrogen and oxygen atoms in total. The molecular weight excluding hydrogens is 440 g/mol. The van der Waals surface area contributed by atoms with E-state index in [0.717, 1.165) is 59.6 Å². The van der Waals surface area contributed by atoms with Crippen LogP contribution < -0.4 is 20.5 Å². The summed E-state index contributed by atoms with van der Waals surface area (Å²) in [6, 6.07) is 14.7. The summed E-state index contributed by atoms with van der Waals surface area (Å²) in [6.07, 6.45) is 5.17. The molecule has 1 aliphatic heterocycles. The molecule has 0 unspecified atom stereocenters. The number of H-pyrrole nitrogens is 2. The van der Waals surface area contributed by atoms with Crippen LogP contribution in [0.25, 0.3) is 11.0 Å². The normalized spacial score (nSPS) is 14.2. The lowest BCUT2D eigenvalue weighted by molar-refractivity contribution is -0.367. The van der Waals surface area contributed by atoms with Crippen molar-refractivity contribution < 1.29 is 14.6 Å². The number of carbonyl (C=O) groups excluding carboxylic acids is 2. The smallest absolute Gasteiger partial charge is 0.255 e. The van der Waals surface area contributed by atoms with Crippen molar-refractivity contribution in [1.29, 1.82) is 0 Å². The van der Waals surface area contributed by atoms with E-state index in [1.165, 1.54) is 0 Å². The molecule has 3 heterocycles.